The zero-order chi connectivity index (χ0) is 21.5. The predicted octanol–water partition coefficient (Wildman–Crippen LogP) is 4.29. The summed E-state index contributed by atoms with van der Waals surface area (Å²) in [6.45, 7) is 2.09. The molecular formula is C28H25N3O. The predicted molar refractivity (Wildman–Crippen MR) is 130 cm³/mol. The van der Waals surface area contributed by atoms with Crippen LogP contribution in [0.4, 0.5) is 0 Å². The molecule has 1 atom stereocenters. The van der Waals surface area contributed by atoms with E-state index in [1.807, 2.05) is 24.3 Å². The Labute approximate surface area is 187 Å². The summed E-state index contributed by atoms with van der Waals surface area (Å²) in [6, 6.07) is 20.6. The monoisotopic (exact) mass is 419 g/mol. The first kappa shape index (κ1) is 19.1. The molecule has 1 unspecified atom stereocenters. The van der Waals surface area contributed by atoms with Crippen LogP contribution < -0.4 is 16.0 Å². The third-order valence-corrected chi connectivity index (χ3v) is 6.47. The second-order valence-corrected chi connectivity index (χ2v) is 8.65. The molecule has 3 aromatic rings. The molecule has 2 aliphatic carbocycles. The van der Waals surface area contributed by atoms with Gasteiger partial charge in [-0.05, 0) is 44.8 Å². The molecular weight excluding hydrogens is 394 g/mol. The summed E-state index contributed by atoms with van der Waals surface area (Å²) in [6.07, 6.45) is 10.5. The van der Waals surface area contributed by atoms with Gasteiger partial charge in [0.25, 0.3) is 0 Å². The Bertz CT molecular complexity index is 1390. The van der Waals surface area contributed by atoms with Crippen molar-refractivity contribution in [3.05, 3.63) is 99.8 Å². The lowest BCUT2D eigenvalue weighted by molar-refractivity contribution is 0.513. The van der Waals surface area contributed by atoms with Gasteiger partial charge in [-0.3, -0.25) is 0 Å². The molecule has 1 N–H and O–H groups in total. The SMILES string of the molecule is CC1(c2ccccc2)N=C(C2=c3c4c(oc3=CCC2)C=CCC4)NC(c2ccccc2)=N1. The minimum Gasteiger partial charge on any atom is -0.457 e. The van der Waals surface area contributed by atoms with Gasteiger partial charge in [0.1, 0.15) is 22.8 Å². The number of rotatable bonds is 3. The van der Waals surface area contributed by atoms with Crippen molar-refractivity contribution in [1.82, 2.24) is 5.32 Å². The largest absolute Gasteiger partial charge is 0.457 e. The van der Waals surface area contributed by atoms with E-state index in [2.05, 4.69) is 66.9 Å². The first-order valence-corrected chi connectivity index (χ1v) is 11.3. The average Bonchev–Trinajstić information content (AvgIpc) is 3.24. The van der Waals surface area contributed by atoms with E-state index in [-0.39, 0.29) is 0 Å². The lowest BCUT2D eigenvalue weighted by Crippen LogP contribution is -2.44. The second kappa shape index (κ2) is 7.49. The number of hydrogen-bond donors (Lipinski definition) is 1. The van der Waals surface area contributed by atoms with Crippen LogP contribution in [0.1, 0.15) is 48.6 Å². The molecule has 0 amide bonds. The van der Waals surface area contributed by atoms with Crippen LogP contribution in [-0.2, 0) is 12.1 Å². The molecule has 2 aromatic carbocycles. The van der Waals surface area contributed by atoms with Crippen molar-refractivity contribution in [1.29, 1.82) is 0 Å². The minimum atomic E-state index is -0.703. The molecule has 2 heterocycles. The van der Waals surface area contributed by atoms with E-state index < -0.39 is 5.66 Å². The van der Waals surface area contributed by atoms with Gasteiger partial charge in [0.05, 0.1) is 0 Å². The normalized spacial score (nSPS) is 21.6. The van der Waals surface area contributed by atoms with Gasteiger partial charge in [-0.15, -0.1) is 0 Å². The maximum atomic E-state index is 6.22. The van der Waals surface area contributed by atoms with E-state index in [0.29, 0.717) is 0 Å². The van der Waals surface area contributed by atoms with E-state index >= 15 is 0 Å². The molecule has 0 saturated heterocycles. The number of hydrogen-bond acceptors (Lipinski definition) is 4. The van der Waals surface area contributed by atoms with Gasteiger partial charge < -0.3 is 9.73 Å². The first-order valence-electron chi connectivity index (χ1n) is 11.3. The summed E-state index contributed by atoms with van der Waals surface area (Å²) < 4.78 is 6.22. The molecule has 1 aromatic heterocycles. The fraction of sp³-hybridized carbons (Fsp3) is 0.214. The smallest absolute Gasteiger partial charge is 0.177 e. The Morgan fingerprint density at radius 2 is 1.62 bits per heavy atom. The molecule has 4 heteroatoms. The molecule has 0 radical (unpaired) electrons. The standard InChI is InChI=1S/C28H25N3O/c1-28(20-13-6-3-7-14-20)30-26(19-11-4-2-5-12-19)29-27(31-28)22-16-10-18-24-25(22)21-15-8-9-17-23(21)32-24/h2-7,9,11-14,17-18H,8,10,15-16H2,1H3,(H,29,30,31). The molecule has 32 heavy (non-hydrogen) atoms. The molecule has 3 aliphatic rings. The van der Waals surface area contributed by atoms with Crippen molar-refractivity contribution in [3.8, 4) is 0 Å². The van der Waals surface area contributed by atoms with Gasteiger partial charge in [-0.1, -0.05) is 66.7 Å². The van der Waals surface area contributed by atoms with Gasteiger partial charge in [0.2, 0.25) is 0 Å². The maximum Gasteiger partial charge on any atom is 0.177 e. The highest BCUT2D eigenvalue weighted by molar-refractivity contribution is 6.26. The first-order chi connectivity index (χ1) is 15.7. The van der Waals surface area contributed by atoms with Crippen LogP contribution in [0.5, 0.6) is 0 Å². The third kappa shape index (κ3) is 3.14. The second-order valence-electron chi connectivity index (χ2n) is 8.65. The average molecular weight is 420 g/mol. The highest BCUT2D eigenvalue weighted by atomic mass is 16.3. The summed E-state index contributed by atoms with van der Waals surface area (Å²) in [5.74, 6) is 2.75. The fourth-order valence-corrected chi connectivity index (χ4v) is 4.87. The fourth-order valence-electron chi connectivity index (χ4n) is 4.87. The Morgan fingerprint density at radius 1 is 0.875 bits per heavy atom. The number of nitrogens with one attached hydrogen (secondary N) is 1. The lowest BCUT2D eigenvalue weighted by atomic mass is 9.94. The van der Waals surface area contributed by atoms with Crippen molar-refractivity contribution >= 4 is 29.4 Å². The van der Waals surface area contributed by atoms with E-state index in [9.17, 15) is 0 Å². The quantitative estimate of drug-likeness (QED) is 0.689. The highest BCUT2D eigenvalue weighted by Gasteiger charge is 2.32. The molecule has 0 saturated carbocycles. The Kier molecular flexibility index (Phi) is 4.46. The summed E-state index contributed by atoms with van der Waals surface area (Å²) in [7, 11) is 0. The van der Waals surface area contributed by atoms with Crippen LogP contribution in [0.3, 0.4) is 0 Å². The van der Waals surface area contributed by atoms with Crippen molar-refractivity contribution < 1.29 is 4.42 Å². The van der Waals surface area contributed by atoms with E-state index in [0.717, 1.165) is 59.7 Å². The Hall–Kier alpha value is -3.66. The minimum absolute atomic E-state index is 0.703. The van der Waals surface area contributed by atoms with Crippen LogP contribution in [0.2, 0.25) is 0 Å². The number of aliphatic imine (C=N–C) groups is 2. The summed E-state index contributed by atoms with van der Waals surface area (Å²) in [5.41, 5.74) is 4.95. The van der Waals surface area contributed by atoms with Crippen molar-refractivity contribution in [3.63, 3.8) is 0 Å². The molecule has 0 bridgehead atoms. The van der Waals surface area contributed by atoms with Crippen molar-refractivity contribution in [2.24, 2.45) is 9.98 Å². The summed E-state index contributed by atoms with van der Waals surface area (Å²) in [5, 5.41) is 4.82. The van der Waals surface area contributed by atoms with Crippen LogP contribution in [0, 0.1) is 0 Å². The van der Waals surface area contributed by atoms with Gasteiger partial charge in [-0.25, -0.2) is 9.98 Å². The van der Waals surface area contributed by atoms with Crippen LogP contribution in [0.25, 0.3) is 17.7 Å². The molecule has 0 spiro atoms. The number of allylic oxidation sites excluding steroid dienone is 1. The van der Waals surface area contributed by atoms with E-state index in [4.69, 9.17) is 14.4 Å². The third-order valence-electron chi connectivity index (χ3n) is 6.47. The molecule has 4 nitrogen and oxygen atoms in total. The number of benzene rings is 2. The van der Waals surface area contributed by atoms with Gasteiger partial charge in [0.15, 0.2) is 5.66 Å². The molecule has 0 fully saturated rings. The van der Waals surface area contributed by atoms with E-state index in [1.54, 1.807) is 0 Å². The molecule has 6 rings (SSSR count). The number of amidine groups is 2. The van der Waals surface area contributed by atoms with Gasteiger partial charge in [0, 0.05) is 27.5 Å². The Morgan fingerprint density at radius 3 is 2.44 bits per heavy atom. The zero-order valence-electron chi connectivity index (χ0n) is 18.1. The summed E-state index contributed by atoms with van der Waals surface area (Å²) >= 11 is 0. The van der Waals surface area contributed by atoms with Crippen molar-refractivity contribution in [2.45, 2.75) is 38.3 Å². The van der Waals surface area contributed by atoms with Crippen LogP contribution >= 0.6 is 0 Å². The number of nitrogens with zero attached hydrogens (tertiary/aromatic N) is 2. The van der Waals surface area contributed by atoms with Crippen molar-refractivity contribution in [2.75, 3.05) is 0 Å². The van der Waals surface area contributed by atoms with Gasteiger partial charge in [-0.2, -0.15) is 0 Å². The lowest BCUT2D eigenvalue weighted by Gasteiger charge is -2.31. The van der Waals surface area contributed by atoms with E-state index in [1.165, 1.54) is 16.4 Å². The van der Waals surface area contributed by atoms with Crippen LogP contribution in [-0.4, -0.2) is 11.7 Å². The zero-order valence-corrected chi connectivity index (χ0v) is 18.1. The van der Waals surface area contributed by atoms with Gasteiger partial charge >= 0.3 is 0 Å². The molecule has 158 valence electrons. The topological polar surface area (TPSA) is 49.9 Å². The number of fused-ring (bicyclic) bond motifs is 3. The highest BCUT2D eigenvalue weighted by Crippen LogP contribution is 2.32. The van der Waals surface area contributed by atoms with Crippen LogP contribution in [0.15, 0.2) is 81.1 Å². The Balaban J connectivity index is 1.58. The number of furan rings is 1. The summed E-state index contributed by atoms with van der Waals surface area (Å²) in [4.78, 5) is 10.3. The molecule has 1 aliphatic heterocycles. The maximum absolute atomic E-state index is 6.22.